The van der Waals surface area contributed by atoms with Crippen molar-refractivity contribution in [2.75, 3.05) is 0 Å². The van der Waals surface area contributed by atoms with Crippen LogP contribution in [0.15, 0.2) is 53.7 Å². The van der Waals surface area contributed by atoms with Crippen LogP contribution in [0.4, 0.5) is 22.0 Å². The fourth-order valence-corrected chi connectivity index (χ4v) is 2.78. The number of ketones is 1. The number of nitrogens with zero attached hydrogens (tertiary/aromatic N) is 3. The Labute approximate surface area is 159 Å². The molecule has 0 amide bonds. The van der Waals surface area contributed by atoms with Crippen LogP contribution in [0.25, 0.3) is 17.0 Å². The lowest BCUT2D eigenvalue weighted by Crippen LogP contribution is -2.16. The van der Waals surface area contributed by atoms with E-state index in [-0.39, 0.29) is 11.3 Å². The van der Waals surface area contributed by atoms with Crippen molar-refractivity contribution in [3.05, 3.63) is 89.5 Å². The number of carbonyl (C=O) groups excluding carboxylic acids is 1. The molecule has 0 unspecified atom stereocenters. The zero-order valence-electron chi connectivity index (χ0n) is 14.2. The quantitative estimate of drug-likeness (QED) is 0.218. The van der Waals surface area contributed by atoms with Crippen LogP contribution in [0.3, 0.4) is 0 Å². The highest BCUT2D eigenvalue weighted by atomic mass is 19.2. The van der Waals surface area contributed by atoms with E-state index in [1.54, 1.807) is 12.1 Å². The summed E-state index contributed by atoms with van der Waals surface area (Å²) in [5.41, 5.74) is -1.43. The summed E-state index contributed by atoms with van der Waals surface area (Å²) < 4.78 is 75.0. The van der Waals surface area contributed by atoms with Crippen molar-refractivity contribution in [1.82, 2.24) is 14.8 Å². The van der Waals surface area contributed by atoms with E-state index in [0.29, 0.717) is 11.3 Å². The summed E-state index contributed by atoms with van der Waals surface area (Å²) in [6.45, 7) is 0. The molecule has 29 heavy (non-hydrogen) atoms. The second kappa shape index (κ2) is 6.97. The van der Waals surface area contributed by atoms with Crippen LogP contribution in [-0.4, -0.2) is 20.5 Å². The molecule has 146 valence electrons. The normalized spacial score (nSPS) is 11.1. The lowest BCUT2D eigenvalue weighted by molar-refractivity contribution is 0.102. The molecule has 10 heteroatoms. The third-order valence-electron chi connectivity index (χ3n) is 4.15. The predicted octanol–water partition coefficient (Wildman–Crippen LogP) is 4.45. The highest BCUT2D eigenvalue weighted by molar-refractivity contribution is 6.11. The number of rotatable bonds is 4. The second-order valence-corrected chi connectivity index (χ2v) is 5.82. The SMILES string of the molecule is O=C(c1ccc(-c2ccco2)cc1-n1cncn1)c1c(F)c(F)c(F)c(F)c1F. The molecule has 0 aliphatic carbocycles. The molecule has 2 heterocycles. The van der Waals surface area contributed by atoms with Crippen molar-refractivity contribution in [2.45, 2.75) is 0 Å². The lowest BCUT2D eigenvalue weighted by atomic mass is 9.98. The average Bonchev–Trinajstić information content (AvgIpc) is 3.44. The maximum Gasteiger partial charge on any atom is 0.201 e. The molecule has 0 aliphatic rings. The summed E-state index contributed by atoms with van der Waals surface area (Å²) >= 11 is 0. The van der Waals surface area contributed by atoms with Gasteiger partial charge >= 0.3 is 0 Å². The molecular formula is C19H8F5N3O2. The fourth-order valence-electron chi connectivity index (χ4n) is 2.78. The third-order valence-corrected chi connectivity index (χ3v) is 4.15. The summed E-state index contributed by atoms with van der Waals surface area (Å²) in [5.74, 6) is -12.2. The van der Waals surface area contributed by atoms with Crippen molar-refractivity contribution in [3.63, 3.8) is 0 Å². The van der Waals surface area contributed by atoms with Gasteiger partial charge < -0.3 is 4.42 Å². The van der Waals surface area contributed by atoms with Crippen molar-refractivity contribution < 1.29 is 31.2 Å². The number of aromatic nitrogens is 3. The van der Waals surface area contributed by atoms with Crippen molar-refractivity contribution >= 4 is 5.78 Å². The van der Waals surface area contributed by atoms with Crippen LogP contribution < -0.4 is 0 Å². The molecule has 0 spiro atoms. The Morgan fingerprint density at radius 2 is 1.62 bits per heavy atom. The van der Waals surface area contributed by atoms with Crippen molar-refractivity contribution in [1.29, 1.82) is 0 Å². The molecule has 0 radical (unpaired) electrons. The molecular weight excluding hydrogens is 397 g/mol. The van der Waals surface area contributed by atoms with Gasteiger partial charge in [-0.25, -0.2) is 31.6 Å². The monoisotopic (exact) mass is 405 g/mol. The first-order chi connectivity index (χ1) is 13.9. The van der Waals surface area contributed by atoms with E-state index in [0.717, 1.165) is 11.0 Å². The molecule has 0 saturated heterocycles. The third kappa shape index (κ3) is 2.98. The number of hydrogen-bond donors (Lipinski definition) is 0. The maximum atomic E-state index is 14.1. The zero-order valence-corrected chi connectivity index (χ0v) is 14.2. The summed E-state index contributed by atoms with van der Waals surface area (Å²) in [6.07, 6.45) is 3.77. The first kappa shape index (κ1) is 18.5. The van der Waals surface area contributed by atoms with E-state index in [4.69, 9.17) is 4.42 Å². The van der Waals surface area contributed by atoms with Crippen LogP contribution in [0.1, 0.15) is 15.9 Å². The van der Waals surface area contributed by atoms with Gasteiger partial charge in [-0.1, -0.05) is 6.07 Å². The summed E-state index contributed by atoms with van der Waals surface area (Å²) in [4.78, 5) is 16.5. The van der Waals surface area contributed by atoms with E-state index in [2.05, 4.69) is 10.1 Å². The number of carbonyl (C=O) groups is 1. The molecule has 4 aromatic rings. The molecule has 0 bridgehead atoms. The minimum atomic E-state index is -2.35. The first-order valence-corrected chi connectivity index (χ1v) is 7.99. The van der Waals surface area contributed by atoms with Gasteiger partial charge in [0.05, 0.1) is 12.0 Å². The van der Waals surface area contributed by atoms with E-state index in [1.165, 1.54) is 30.8 Å². The summed E-state index contributed by atoms with van der Waals surface area (Å²) in [6, 6.07) is 7.24. The lowest BCUT2D eigenvalue weighted by Gasteiger charge is -2.12. The summed E-state index contributed by atoms with van der Waals surface area (Å²) in [7, 11) is 0. The minimum Gasteiger partial charge on any atom is -0.464 e. The van der Waals surface area contributed by atoms with Gasteiger partial charge in [-0.05, 0) is 24.3 Å². The molecule has 2 aromatic heterocycles. The Balaban J connectivity index is 1.93. The Bertz CT molecular complexity index is 1190. The van der Waals surface area contributed by atoms with Gasteiger partial charge in [0.1, 0.15) is 24.0 Å². The van der Waals surface area contributed by atoms with Crippen LogP contribution in [0.5, 0.6) is 0 Å². The van der Waals surface area contributed by atoms with Crippen LogP contribution in [0.2, 0.25) is 0 Å². The number of hydrogen-bond acceptors (Lipinski definition) is 4. The molecule has 0 N–H and O–H groups in total. The van der Waals surface area contributed by atoms with Gasteiger partial charge in [0.25, 0.3) is 0 Å². The van der Waals surface area contributed by atoms with Crippen molar-refractivity contribution in [3.8, 4) is 17.0 Å². The van der Waals surface area contributed by atoms with Gasteiger partial charge in [0.15, 0.2) is 23.3 Å². The zero-order chi connectivity index (χ0) is 20.7. The molecule has 0 saturated carbocycles. The molecule has 0 atom stereocenters. The van der Waals surface area contributed by atoms with E-state index >= 15 is 0 Å². The van der Waals surface area contributed by atoms with Gasteiger partial charge in [-0.3, -0.25) is 4.79 Å². The maximum absolute atomic E-state index is 14.1. The van der Waals surface area contributed by atoms with Gasteiger partial charge in [0, 0.05) is 11.1 Å². The number of benzene rings is 2. The Kier molecular flexibility index (Phi) is 4.45. The van der Waals surface area contributed by atoms with Gasteiger partial charge in [-0.2, -0.15) is 5.10 Å². The molecule has 0 aliphatic heterocycles. The van der Waals surface area contributed by atoms with Crippen LogP contribution >= 0.6 is 0 Å². The average molecular weight is 405 g/mol. The highest BCUT2D eigenvalue weighted by Crippen LogP contribution is 2.30. The van der Waals surface area contributed by atoms with Crippen LogP contribution in [-0.2, 0) is 0 Å². The molecule has 4 rings (SSSR count). The standard InChI is InChI=1S/C19H8F5N3O2/c20-14-13(15(21)17(23)18(24)16(14)22)19(28)10-4-3-9(12-2-1-5-29-12)6-11(10)27-8-25-7-26-27/h1-8H. The Morgan fingerprint density at radius 1 is 0.931 bits per heavy atom. The Morgan fingerprint density at radius 3 is 2.21 bits per heavy atom. The highest BCUT2D eigenvalue weighted by Gasteiger charge is 2.31. The topological polar surface area (TPSA) is 60.9 Å². The van der Waals surface area contributed by atoms with E-state index < -0.39 is 40.4 Å². The van der Waals surface area contributed by atoms with Crippen LogP contribution in [0, 0.1) is 29.1 Å². The second-order valence-electron chi connectivity index (χ2n) is 5.82. The van der Waals surface area contributed by atoms with Crippen molar-refractivity contribution in [2.24, 2.45) is 0 Å². The number of furan rings is 1. The molecule has 2 aromatic carbocycles. The minimum absolute atomic E-state index is 0.00495. The van der Waals surface area contributed by atoms with Gasteiger partial charge in [0.2, 0.25) is 11.6 Å². The Hall–Kier alpha value is -3.82. The molecule has 5 nitrogen and oxygen atoms in total. The predicted molar refractivity (Wildman–Crippen MR) is 88.7 cm³/mol. The first-order valence-electron chi connectivity index (χ1n) is 7.99. The smallest absolute Gasteiger partial charge is 0.201 e. The molecule has 0 fully saturated rings. The van der Waals surface area contributed by atoms with E-state index in [1.807, 2.05) is 0 Å². The van der Waals surface area contributed by atoms with Gasteiger partial charge in [-0.15, -0.1) is 0 Å². The summed E-state index contributed by atoms with van der Waals surface area (Å²) in [5, 5.41) is 3.87. The fraction of sp³-hybridized carbons (Fsp3) is 0. The van der Waals surface area contributed by atoms with E-state index in [9.17, 15) is 26.7 Å². The number of halogens is 5. The largest absolute Gasteiger partial charge is 0.464 e.